The van der Waals surface area contributed by atoms with Crippen molar-refractivity contribution in [3.8, 4) is 5.75 Å². The number of halogens is 3. The minimum Gasteiger partial charge on any atom is -0.406 e. The first-order valence-corrected chi connectivity index (χ1v) is 7.29. The Morgan fingerprint density at radius 1 is 0.952 bits per heavy atom. The molecule has 0 aliphatic heterocycles. The minimum absolute atomic E-state index is 0.216. The zero-order chi connectivity index (χ0) is 15.1. The van der Waals surface area contributed by atoms with Crippen molar-refractivity contribution < 1.29 is 17.9 Å². The maximum absolute atomic E-state index is 12.0. The molecule has 0 saturated heterocycles. The Bertz CT molecular complexity index is 543. The first-order chi connectivity index (χ1) is 10.0. The molecule has 0 unspecified atom stereocenters. The van der Waals surface area contributed by atoms with E-state index in [1.807, 2.05) is 30.3 Å². The van der Waals surface area contributed by atoms with Gasteiger partial charge in [-0.3, -0.25) is 0 Å². The van der Waals surface area contributed by atoms with Crippen LogP contribution in [-0.4, -0.2) is 18.7 Å². The largest absolute Gasteiger partial charge is 0.573 e. The topological polar surface area (TPSA) is 21.3 Å². The van der Waals surface area contributed by atoms with Crippen LogP contribution in [-0.2, 0) is 0 Å². The molecule has 0 spiro atoms. The predicted octanol–water partition coefficient (Wildman–Crippen LogP) is 4.79. The Morgan fingerprint density at radius 3 is 2.24 bits per heavy atom. The molecule has 0 atom stereocenters. The first-order valence-electron chi connectivity index (χ1n) is 6.30. The van der Waals surface area contributed by atoms with Gasteiger partial charge in [0.25, 0.3) is 0 Å². The molecule has 2 aromatic carbocycles. The molecule has 0 aliphatic carbocycles. The van der Waals surface area contributed by atoms with Crippen LogP contribution in [0.25, 0.3) is 0 Å². The molecule has 112 valence electrons. The first kappa shape index (κ1) is 15.6. The van der Waals surface area contributed by atoms with Crippen molar-refractivity contribution in [2.75, 3.05) is 17.6 Å². The van der Waals surface area contributed by atoms with E-state index in [-0.39, 0.29) is 5.75 Å². The summed E-state index contributed by atoms with van der Waals surface area (Å²) in [4.78, 5) is 1.19. The van der Waals surface area contributed by atoms with E-state index in [0.29, 0.717) is 0 Å². The predicted molar refractivity (Wildman–Crippen MR) is 78.8 cm³/mol. The second-order valence-electron chi connectivity index (χ2n) is 4.16. The number of thioether (sulfide) groups is 1. The lowest BCUT2D eigenvalue weighted by Gasteiger charge is -2.10. The van der Waals surface area contributed by atoms with E-state index in [0.717, 1.165) is 18.0 Å². The van der Waals surface area contributed by atoms with E-state index >= 15 is 0 Å². The molecule has 0 aliphatic rings. The average molecular weight is 313 g/mol. The van der Waals surface area contributed by atoms with Crippen molar-refractivity contribution in [3.63, 3.8) is 0 Å². The molecule has 0 aromatic heterocycles. The van der Waals surface area contributed by atoms with Crippen molar-refractivity contribution in [1.82, 2.24) is 0 Å². The Hall–Kier alpha value is -1.82. The fourth-order valence-corrected chi connectivity index (χ4v) is 2.44. The van der Waals surface area contributed by atoms with Gasteiger partial charge in [-0.15, -0.1) is 24.9 Å². The summed E-state index contributed by atoms with van der Waals surface area (Å²) in [5.74, 6) is 0.650. The quantitative estimate of drug-likeness (QED) is 0.612. The Morgan fingerprint density at radius 2 is 1.62 bits per heavy atom. The van der Waals surface area contributed by atoms with Crippen LogP contribution >= 0.6 is 11.8 Å². The normalized spacial score (nSPS) is 11.2. The number of ether oxygens (including phenoxy) is 1. The summed E-state index contributed by atoms with van der Waals surface area (Å²) in [6, 6.07) is 15.7. The second-order valence-corrected chi connectivity index (χ2v) is 5.33. The highest BCUT2D eigenvalue weighted by Gasteiger charge is 2.30. The van der Waals surface area contributed by atoms with E-state index in [1.165, 1.54) is 17.0 Å². The lowest BCUT2D eigenvalue weighted by atomic mass is 10.3. The van der Waals surface area contributed by atoms with Crippen LogP contribution in [0, 0.1) is 0 Å². The molecule has 2 rings (SSSR count). The van der Waals surface area contributed by atoms with Gasteiger partial charge in [0.15, 0.2) is 0 Å². The standard InChI is InChI=1S/C15H14F3NOS/c16-15(17,18)20-13-8-6-12(7-9-13)19-10-11-21-14-4-2-1-3-5-14/h1-9,19H,10-11H2. The van der Waals surface area contributed by atoms with E-state index in [2.05, 4.69) is 10.1 Å². The molecule has 0 heterocycles. The summed E-state index contributed by atoms with van der Waals surface area (Å²) >= 11 is 1.71. The monoisotopic (exact) mass is 313 g/mol. The highest BCUT2D eigenvalue weighted by molar-refractivity contribution is 7.99. The van der Waals surface area contributed by atoms with Crippen molar-refractivity contribution >= 4 is 17.4 Å². The molecule has 0 saturated carbocycles. The number of hydrogen-bond donors (Lipinski definition) is 1. The number of anilines is 1. The summed E-state index contributed by atoms with van der Waals surface area (Å²) < 4.78 is 39.8. The molecular weight excluding hydrogens is 299 g/mol. The average Bonchev–Trinajstić information content (AvgIpc) is 2.45. The summed E-state index contributed by atoms with van der Waals surface area (Å²) in [6.07, 6.45) is -4.65. The minimum atomic E-state index is -4.65. The van der Waals surface area contributed by atoms with Crippen molar-refractivity contribution in [2.45, 2.75) is 11.3 Å². The number of benzene rings is 2. The smallest absolute Gasteiger partial charge is 0.406 e. The van der Waals surface area contributed by atoms with Crippen LogP contribution in [0.5, 0.6) is 5.75 Å². The third kappa shape index (κ3) is 5.99. The van der Waals surface area contributed by atoms with Crippen LogP contribution < -0.4 is 10.1 Å². The maximum atomic E-state index is 12.0. The van der Waals surface area contributed by atoms with Crippen molar-refractivity contribution in [3.05, 3.63) is 54.6 Å². The van der Waals surface area contributed by atoms with Gasteiger partial charge in [0, 0.05) is 22.9 Å². The summed E-state index contributed by atoms with van der Waals surface area (Å²) in [7, 11) is 0. The van der Waals surface area contributed by atoms with Gasteiger partial charge in [0.2, 0.25) is 0 Å². The molecular formula is C15H14F3NOS. The van der Waals surface area contributed by atoms with Crippen LogP contribution in [0.4, 0.5) is 18.9 Å². The number of nitrogens with one attached hydrogen (secondary N) is 1. The molecule has 0 radical (unpaired) electrons. The van der Waals surface area contributed by atoms with Crippen molar-refractivity contribution in [1.29, 1.82) is 0 Å². The highest BCUT2D eigenvalue weighted by Crippen LogP contribution is 2.24. The fourth-order valence-electron chi connectivity index (χ4n) is 1.66. The SMILES string of the molecule is FC(F)(F)Oc1ccc(NCCSc2ccccc2)cc1. The number of alkyl halides is 3. The zero-order valence-corrected chi connectivity index (χ0v) is 11.9. The third-order valence-corrected chi connectivity index (χ3v) is 3.54. The van der Waals surface area contributed by atoms with Crippen molar-refractivity contribution in [2.24, 2.45) is 0 Å². The van der Waals surface area contributed by atoms with Crippen LogP contribution in [0.2, 0.25) is 0 Å². The molecule has 1 N–H and O–H groups in total. The molecule has 2 nitrogen and oxygen atoms in total. The molecule has 6 heteroatoms. The summed E-state index contributed by atoms with van der Waals surface area (Å²) in [5, 5.41) is 3.15. The number of hydrogen-bond acceptors (Lipinski definition) is 3. The van der Waals surface area contributed by atoms with Crippen LogP contribution in [0.1, 0.15) is 0 Å². The van der Waals surface area contributed by atoms with E-state index in [1.54, 1.807) is 23.9 Å². The number of rotatable bonds is 6. The van der Waals surface area contributed by atoms with Gasteiger partial charge in [-0.25, -0.2) is 0 Å². The zero-order valence-electron chi connectivity index (χ0n) is 11.1. The van der Waals surface area contributed by atoms with Gasteiger partial charge in [0.05, 0.1) is 0 Å². The molecule has 0 fully saturated rings. The van der Waals surface area contributed by atoms with Gasteiger partial charge in [0.1, 0.15) is 5.75 Å². The van der Waals surface area contributed by atoms with Crippen LogP contribution in [0.15, 0.2) is 59.5 Å². The van der Waals surface area contributed by atoms with Gasteiger partial charge in [-0.05, 0) is 36.4 Å². The Kier molecular flexibility index (Phi) is 5.38. The lowest BCUT2D eigenvalue weighted by molar-refractivity contribution is -0.274. The fraction of sp³-hybridized carbons (Fsp3) is 0.200. The second kappa shape index (κ2) is 7.26. The van der Waals surface area contributed by atoms with Gasteiger partial charge in [-0.2, -0.15) is 0 Å². The third-order valence-electron chi connectivity index (χ3n) is 2.53. The van der Waals surface area contributed by atoms with E-state index < -0.39 is 6.36 Å². The molecule has 2 aromatic rings. The molecule has 0 amide bonds. The Balaban J connectivity index is 1.74. The summed E-state index contributed by atoms with van der Waals surface area (Å²) in [5.41, 5.74) is 0.762. The van der Waals surface area contributed by atoms with E-state index in [9.17, 15) is 13.2 Å². The Labute approximate surface area is 125 Å². The van der Waals surface area contributed by atoms with Crippen LogP contribution in [0.3, 0.4) is 0 Å². The van der Waals surface area contributed by atoms with Gasteiger partial charge >= 0.3 is 6.36 Å². The summed E-state index contributed by atoms with van der Waals surface area (Å²) in [6.45, 7) is 0.721. The van der Waals surface area contributed by atoms with Gasteiger partial charge < -0.3 is 10.1 Å². The molecule has 21 heavy (non-hydrogen) atoms. The maximum Gasteiger partial charge on any atom is 0.573 e. The van der Waals surface area contributed by atoms with E-state index in [4.69, 9.17) is 0 Å². The highest BCUT2D eigenvalue weighted by atomic mass is 32.2. The molecule has 0 bridgehead atoms. The van der Waals surface area contributed by atoms with Gasteiger partial charge in [-0.1, -0.05) is 18.2 Å². The lowest BCUT2D eigenvalue weighted by Crippen LogP contribution is -2.17.